The molecule has 1 aromatic rings. The first kappa shape index (κ1) is 12.3. The summed E-state index contributed by atoms with van der Waals surface area (Å²) in [5.74, 6) is -4.41. The first-order chi connectivity index (χ1) is 8.45. The van der Waals surface area contributed by atoms with E-state index in [1.807, 2.05) is 0 Å². The van der Waals surface area contributed by atoms with Crippen molar-refractivity contribution in [2.24, 2.45) is 0 Å². The molecule has 8 heteroatoms. The van der Waals surface area contributed by atoms with Crippen molar-refractivity contribution in [3.8, 4) is 0 Å². The van der Waals surface area contributed by atoms with Crippen LogP contribution in [0.1, 0.15) is 23.2 Å². The lowest BCUT2D eigenvalue weighted by Crippen LogP contribution is -2.50. The summed E-state index contributed by atoms with van der Waals surface area (Å²) in [6, 6.07) is 2.33. The Kier molecular flexibility index (Phi) is 2.89. The van der Waals surface area contributed by atoms with Crippen molar-refractivity contribution < 1.29 is 33.6 Å². The molecule has 94 valence electrons. The molecule has 1 fully saturated rings. The fourth-order valence-corrected chi connectivity index (χ4v) is 1.47. The SMILES string of the molecule is O=C(O[N+]1(O)C(=O)CCC1=O)c1cccnc1F. The minimum atomic E-state index is -2.08. The zero-order valence-electron chi connectivity index (χ0n) is 9.00. The number of rotatable bonds is 2. The lowest BCUT2D eigenvalue weighted by atomic mass is 10.3. The predicted octanol–water partition coefficient (Wildman–Crippen LogP) is 0.345. The third kappa shape index (κ3) is 1.87. The van der Waals surface area contributed by atoms with Crippen molar-refractivity contribution >= 4 is 17.8 Å². The highest BCUT2D eigenvalue weighted by Crippen LogP contribution is 2.22. The molecule has 2 amide bonds. The van der Waals surface area contributed by atoms with E-state index in [9.17, 15) is 24.0 Å². The summed E-state index contributed by atoms with van der Waals surface area (Å²) in [4.78, 5) is 39.6. The number of hydrogen-bond acceptors (Lipinski definition) is 6. The number of hydroxylamine groups is 4. The van der Waals surface area contributed by atoms with Crippen molar-refractivity contribution in [1.29, 1.82) is 0 Å². The van der Waals surface area contributed by atoms with Crippen LogP contribution in [0.3, 0.4) is 0 Å². The lowest BCUT2D eigenvalue weighted by molar-refractivity contribution is -1.12. The van der Waals surface area contributed by atoms with Crippen LogP contribution >= 0.6 is 0 Å². The van der Waals surface area contributed by atoms with Gasteiger partial charge in [0.15, 0.2) is 0 Å². The maximum Gasteiger partial charge on any atom is 0.408 e. The molecule has 0 bridgehead atoms. The van der Waals surface area contributed by atoms with Gasteiger partial charge in [0, 0.05) is 6.20 Å². The Bertz CT molecular complexity index is 529. The molecule has 1 aliphatic heterocycles. The van der Waals surface area contributed by atoms with Gasteiger partial charge in [0.05, 0.1) is 12.8 Å². The van der Waals surface area contributed by atoms with Gasteiger partial charge in [-0.2, -0.15) is 9.60 Å². The van der Waals surface area contributed by atoms with Gasteiger partial charge in [0.2, 0.25) is 5.95 Å². The van der Waals surface area contributed by atoms with E-state index in [1.165, 1.54) is 6.07 Å². The van der Waals surface area contributed by atoms with Crippen molar-refractivity contribution in [3.63, 3.8) is 0 Å². The largest absolute Gasteiger partial charge is 0.408 e. The van der Waals surface area contributed by atoms with E-state index in [2.05, 4.69) is 9.82 Å². The molecule has 0 aliphatic carbocycles. The molecule has 0 spiro atoms. The Morgan fingerprint density at radius 3 is 2.56 bits per heavy atom. The summed E-state index contributed by atoms with van der Waals surface area (Å²) >= 11 is 0. The summed E-state index contributed by atoms with van der Waals surface area (Å²) in [6.07, 6.45) is 0.637. The van der Waals surface area contributed by atoms with E-state index in [0.29, 0.717) is 0 Å². The zero-order chi connectivity index (χ0) is 13.3. The Morgan fingerprint density at radius 1 is 1.39 bits per heavy atom. The van der Waals surface area contributed by atoms with Gasteiger partial charge in [-0.15, -0.1) is 0 Å². The minimum Gasteiger partial charge on any atom is -0.239 e. The number of nitrogens with zero attached hydrogens (tertiary/aromatic N) is 2. The van der Waals surface area contributed by atoms with Crippen LogP contribution in [-0.2, 0) is 14.4 Å². The summed E-state index contributed by atoms with van der Waals surface area (Å²) in [7, 11) is 0. The molecular formula is C10H8FN2O5+. The molecule has 18 heavy (non-hydrogen) atoms. The van der Waals surface area contributed by atoms with Gasteiger partial charge >= 0.3 is 17.8 Å². The molecule has 0 aromatic carbocycles. The molecule has 1 aliphatic rings. The number of carbonyl (C=O) groups excluding carboxylic acids is 3. The van der Waals surface area contributed by atoms with E-state index in [4.69, 9.17) is 0 Å². The average Bonchev–Trinajstić information content (AvgIpc) is 2.57. The molecule has 2 heterocycles. The smallest absolute Gasteiger partial charge is 0.239 e. The Balaban J connectivity index is 2.25. The van der Waals surface area contributed by atoms with E-state index in [-0.39, 0.29) is 12.8 Å². The second-order valence-corrected chi connectivity index (χ2v) is 3.58. The second-order valence-electron chi connectivity index (χ2n) is 3.58. The van der Waals surface area contributed by atoms with Gasteiger partial charge in [-0.1, -0.05) is 0 Å². The van der Waals surface area contributed by atoms with E-state index in [0.717, 1.165) is 12.3 Å². The Morgan fingerprint density at radius 2 is 2.00 bits per heavy atom. The van der Waals surface area contributed by atoms with E-state index < -0.39 is 34.1 Å². The standard InChI is InChI=1S/C10H8FN2O5/c11-9-6(2-1-5-12-9)10(16)18-13(17)7(14)3-4-8(13)15/h1-2,5,17H,3-4H2/q+1. The van der Waals surface area contributed by atoms with Crippen LogP contribution in [0.5, 0.6) is 0 Å². The molecule has 0 radical (unpaired) electrons. The van der Waals surface area contributed by atoms with Crippen LogP contribution in [0.4, 0.5) is 4.39 Å². The van der Waals surface area contributed by atoms with Gasteiger partial charge < -0.3 is 0 Å². The monoisotopic (exact) mass is 255 g/mol. The third-order valence-electron chi connectivity index (χ3n) is 2.42. The minimum absolute atomic E-state index is 0.238. The normalized spacial score (nSPS) is 17.9. The third-order valence-corrected chi connectivity index (χ3v) is 2.42. The van der Waals surface area contributed by atoms with Crippen molar-refractivity contribution in [2.75, 3.05) is 0 Å². The van der Waals surface area contributed by atoms with Crippen LogP contribution in [0.15, 0.2) is 18.3 Å². The van der Waals surface area contributed by atoms with E-state index >= 15 is 0 Å². The second kappa shape index (κ2) is 4.24. The fraction of sp³-hybridized carbons (Fsp3) is 0.200. The summed E-state index contributed by atoms with van der Waals surface area (Å²) in [6.45, 7) is 0. The number of pyridine rings is 1. The maximum atomic E-state index is 13.2. The molecule has 0 saturated carbocycles. The topological polar surface area (TPSA) is 93.6 Å². The van der Waals surface area contributed by atoms with Crippen molar-refractivity contribution in [1.82, 2.24) is 4.98 Å². The number of halogens is 1. The van der Waals surface area contributed by atoms with Crippen LogP contribution in [-0.4, -0.2) is 32.8 Å². The molecule has 0 atom stereocenters. The van der Waals surface area contributed by atoms with Crippen LogP contribution in [0, 0.1) is 5.95 Å². The average molecular weight is 255 g/mol. The number of carbonyl (C=O) groups is 3. The van der Waals surface area contributed by atoms with Gasteiger partial charge in [0.25, 0.3) is 0 Å². The number of aromatic nitrogens is 1. The van der Waals surface area contributed by atoms with Gasteiger partial charge in [-0.25, -0.2) is 24.2 Å². The van der Waals surface area contributed by atoms with Gasteiger partial charge in [-0.05, 0) is 12.1 Å². The van der Waals surface area contributed by atoms with Crippen LogP contribution in [0.2, 0.25) is 0 Å². The lowest BCUT2D eigenvalue weighted by Gasteiger charge is -2.15. The Labute approximate surface area is 99.9 Å². The van der Waals surface area contributed by atoms with Gasteiger partial charge in [-0.3, -0.25) is 0 Å². The molecule has 7 nitrogen and oxygen atoms in total. The number of quaternary nitrogens is 1. The highest BCUT2D eigenvalue weighted by atomic mass is 19.1. The highest BCUT2D eigenvalue weighted by Gasteiger charge is 2.55. The molecule has 1 saturated heterocycles. The van der Waals surface area contributed by atoms with Crippen LogP contribution < -0.4 is 0 Å². The fourth-order valence-electron chi connectivity index (χ4n) is 1.47. The molecule has 1 aromatic heterocycles. The Hall–Kier alpha value is -2.19. The number of hydrogen-bond donors (Lipinski definition) is 1. The first-order valence-electron chi connectivity index (χ1n) is 4.98. The first-order valence-corrected chi connectivity index (χ1v) is 4.98. The quantitative estimate of drug-likeness (QED) is 0.354. The van der Waals surface area contributed by atoms with Crippen molar-refractivity contribution in [2.45, 2.75) is 12.8 Å². The summed E-state index contributed by atoms with van der Waals surface area (Å²) in [5, 5.41) is 9.60. The number of amides is 2. The van der Waals surface area contributed by atoms with Crippen LogP contribution in [0.25, 0.3) is 0 Å². The van der Waals surface area contributed by atoms with E-state index in [1.54, 1.807) is 0 Å². The molecular weight excluding hydrogens is 247 g/mol. The molecule has 2 rings (SSSR count). The molecule has 1 N–H and O–H groups in total. The summed E-state index contributed by atoms with van der Waals surface area (Å²) < 4.78 is 13.2. The zero-order valence-corrected chi connectivity index (χ0v) is 9.00. The predicted molar refractivity (Wildman–Crippen MR) is 50.9 cm³/mol. The number of imide groups is 1. The maximum absolute atomic E-state index is 13.2. The highest BCUT2D eigenvalue weighted by molar-refractivity contribution is 5.93. The van der Waals surface area contributed by atoms with Gasteiger partial charge in [0.1, 0.15) is 10.4 Å². The van der Waals surface area contributed by atoms with Crippen molar-refractivity contribution in [3.05, 3.63) is 29.8 Å². The molecule has 0 unspecified atom stereocenters. The summed E-state index contributed by atoms with van der Waals surface area (Å²) in [5.41, 5.74) is -0.573.